The molecule has 84 valence electrons. The molecular weight excluding hydrogens is 329 g/mol. The SMILES string of the molecule is Clc1ccc(NCc2sccc2Br)cc1Cl. The summed E-state index contributed by atoms with van der Waals surface area (Å²) in [7, 11) is 0. The molecule has 0 aliphatic heterocycles. The van der Waals surface area contributed by atoms with Gasteiger partial charge in [0, 0.05) is 15.0 Å². The summed E-state index contributed by atoms with van der Waals surface area (Å²) in [4.78, 5) is 1.26. The van der Waals surface area contributed by atoms with E-state index in [2.05, 4.69) is 26.6 Å². The fourth-order valence-electron chi connectivity index (χ4n) is 1.24. The molecule has 0 saturated carbocycles. The molecule has 1 N–H and O–H groups in total. The monoisotopic (exact) mass is 335 g/mol. The molecule has 1 nitrogen and oxygen atoms in total. The average molecular weight is 337 g/mol. The second kappa shape index (κ2) is 5.41. The molecule has 1 heterocycles. The fourth-order valence-corrected chi connectivity index (χ4v) is 2.97. The Morgan fingerprint density at radius 2 is 2.00 bits per heavy atom. The minimum atomic E-state index is 0.567. The van der Waals surface area contributed by atoms with Crippen molar-refractivity contribution < 1.29 is 0 Å². The van der Waals surface area contributed by atoms with Gasteiger partial charge >= 0.3 is 0 Å². The first-order chi connectivity index (χ1) is 7.66. The van der Waals surface area contributed by atoms with Crippen LogP contribution in [0, 0.1) is 0 Å². The van der Waals surface area contributed by atoms with Crippen LogP contribution in [-0.2, 0) is 6.54 Å². The number of nitrogens with one attached hydrogen (secondary N) is 1. The predicted octanol–water partition coefficient (Wildman–Crippen LogP) is 5.43. The molecule has 5 heteroatoms. The minimum absolute atomic E-state index is 0.567. The molecule has 16 heavy (non-hydrogen) atoms. The van der Waals surface area contributed by atoms with Gasteiger partial charge in [0.2, 0.25) is 0 Å². The molecule has 0 radical (unpaired) electrons. The molecule has 1 aromatic carbocycles. The van der Waals surface area contributed by atoms with E-state index in [1.807, 2.05) is 18.2 Å². The summed E-state index contributed by atoms with van der Waals surface area (Å²) in [5.41, 5.74) is 0.967. The van der Waals surface area contributed by atoms with Gasteiger partial charge < -0.3 is 5.32 Å². The Balaban J connectivity index is 2.05. The van der Waals surface area contributed by atoms with Crippen molar-refractivity contribution in [2.75, 3.05) is 5.32 Å². The maximum atomic E-state index is 5.93. The predicted molar refractivity (Wildman–Crippen MR) is 75.8 cm³/mol. The molecule has 0 unspecified atom stereocenters. The highest BCUT2D eigenvalue weighted by Crippen LogP contribution is 2.27. The van der Waals surface area contributed by atoms with E-state index >= 15 is 0 Å². The summed E-state index contributed by atoms with van der Waals surface area (Å²) in [6.07, 6.45) is 0. The zero-order valence-corrected chi connectivity index (χ0v) is 12.1. The molecule has 0 atom stereocenters. The Labute approximate surface area is 117 Å². The van der Waals surface area contributed by atoms with Crippen LogP contribution in [0.2, 0.25) is 10.0 Å². The van der Waals surface area contributed by atoms with Gasteiger partial charge in [0.05, 0.1) is 16.6 Å². The van der Waals surface area contributed by atoms with Gasteiger partial charge in [0.25, 0.3) is 0 Å². The lowest BCUT2D eigenvalue weighted by Gasteiger charge is -2.06. The second-order valence-corrected chi connectivity index (χ2v) is 5.84. The van der Waals surface area contributed by atoms with Crippen molar-refractivity contribution in [2.24, 2.45) is 0 Å². The van der Waals surface area contributed by atoms with Crippen LogP contribution >= 0.6 is 50.5 Å². The van der Waals surface area contributed by atoms with Crippen LogP contribution in [0.25, 0.3) is 0 Å². The van der Waals surface area contributed by atoms with Crippen molar-refractivity contribution in [2.45, 2.75) is 6.54 Å². The summed E-state index contributed by atoms with van der Waals surface area (Å²) < 4.78 is 1.13. The van der Waals surface area contributed by atoms with Crippen LogP contribution in [0.4, 0.5) is 5.69 Å². The number of rotatable bonds is 3. The number of thiophene rings is 1. The van der Waals surface area contributed by atoms with Crippen molar-refractivity contribution in [3.8, 4) is 0 Å². The first-order valence-corrected chi connectivity index (χ1v) is 7.00. The van der Waals surface area contributed by atoms with E-state index in [4.69, 9.17) is 23.2 Å². The Morgan fingerprint density at radius 1 is 1.19 bits per heavy atom. The van der Waals surface area contributed by atoms with Crippen molar-refractivity contribution in [3.63, 3.8) is 0 Å². The first-order valence-electron chi connectivity index (χ1n) is 4.57. The summed E-state index contributed by atoms with van der Waals surface area (Å²) in [6.45, 7) is 0.774. The van der Waals surface area contributed by atoms with E-state index in [1.54, 1.807) is 17.4 Å². The van der Waals surface area contributed by atoms with Crippen LogP contribution in [0.3, 0.4) is 0 Å². The highest BCUT2D eigenvalue weighted by Gasteiger charge is 2.02. The third kappa shape index (κ3) is 2.92. The normalized spacial score (nSPS) is 10.4. The highest BCUT2D eigenvalue weighted by molar-refractivity contribution is 9.10. The number of hydrogen-bond acceptors (Lipinski definition) is 2. The molecule has 0 aliphatic carbocycles. The van der Waals surface area contributed by atoms with E-state index in [0.29, 0.717) is 10.0 Å². The maximum absolute atomic E-state index is 5.93. The third-order valence-electron chi connectivity index (χ3n) is 2.06. The smallest absolute Gasteiger partial charge is 0.0612 e. The molecule has 0 fully saturated rings. The van der Waals surface area contributed by atoms with Crippen LogP contribution in [-0.4, -0.2) is 0 Å². The summed E-state index contributed by atoms with van der Waals surface area (Å²) in [5, 5.41) is 6.48. The van der Waals surface area contributed by atoms with Gasteiger partial charge in [-0.05, 0) is 45.6 Å². The van der Waals surface area contributed by atoms with Crippen molar-refractivity contribution in [1.82, 2.24) is 0 Å². The molecule has 0 saturated heterocycles. The van der Waals surface area contributed by atoms with Gasteiger partial charge in [-0.3, -0.25) is 0 Å². The van der Waals surface area contributed by atoms with Crippen LogP contribution in [0.1, 0.15) is 4.88 Å². The minimum Gasteiger partial charge on any atom is -0.380 e. The van der Waals surface area contributed by atoms with Crippen molar-refractivity contribution in [1.29, 1.82) is 0 Å². The van der Waals surface area contributed by atoms with Crippen LogP contribution in [0.5, 0.6) is 0 Å². The number of anilines is 1. The molecular formula is C11H8BrCl2NS. The number of benzene rings is 1. The number of hydrogen-bond donors (Lipinski definition) is 1. The van der Waals surface area contributed by atoms with Gasteiger partial charge in [0.1, 0.15) is 0 Å². The molecule has 2 rings (SSSR count). The Morgan fingerprint density at radius 3 is 2.62 bits per heavy atom. The van der Waals surface area contributed by atoms with E-state index in [1.165, 1.54) is 4.88 Å². The van der Waals surface area contributed by atoms with Gasteiger partial charge in [-0.2, -0.15) is 0 Å². The lowest BCUT2D eigenvalue weighted by Crippen LogP contribution is -1.97. The molecule has 2 aromatic rings. The Hall–Kier alpha value is -0.220. The molecule has 0 bridgehead atoms. The van der Waals surface area contributed by atoms with E-state index in [0.717, 1.165) is 16.7 Å². The molecule has 0 spiro atoms. The van der Waals surface area contributed by atoms with Gasteiger partial charge in [0.15, 0.2) is 0 Å². The third-order valence-corrected chi connectivity index (χ3v) is 4.73. The molecule has 0 aliphatic rings. The van der Waals surface area contributed by atoms with E-state index in [9.17, 15) is 0 Å². The zero-order chi connectivity index (χ0) is 11.5. The topological polar surface area (TPSA) is 12.0 Å². The van der Waals surface area contributed by atoms with Crippen LogP contribution in [0.15, 0.2) is 34.1 Å². The quantitative estimate of drug-likeness (QED) is 0.788. The number of halogens is 3. The standard InChI is InChI=1S/C11H8BrCl2NS/c12-8-3-4-16-11(8)6-15-7-1-2-9(13)10(14)5-7/h1-5,15H,6H2. The zero-order valence-electron chi connectivity index (χ0n) is 8.14. The summed E-state index contributed by atoms with van der Waals surface area (Å²) in [5.74, 6) is 0. The molecule has 1 aromatic heterocycles. The Kier molecular flexibility index (Phi) is 4.14. The van der Waals surface area contributed by atoms with Crippen molar-refractivity contribution in [3.05, 3.63) is 49.0 Å². The van der Waals surface area contributed by atoms with Gasteiger partial charge in [-0.25, -0.2) is 0 Å². The average Bonchev–Trinajstić information content (AvgIpc) is 2.66. The lowest BCUT2D eigenvalue weighted by molar-refractivity contribution is 1.18. The van der Waals surface area contributed by atoms with E-state index in [-0.39, 0.29) is 0 Å². The fraction of sp³-hybridized carbons (Fsp3) is 0.0909. The van der Waals surface area contributed by atoms with Gasteiger partial charge in [-0.1, -0.05) is 23.2 Å². The highest BCUT2D eigenvalue weighted by atomic mass is 79.9. The first kappa shape index (κ1) is 12.2. The van der Waals surface area contributed by atoms with Crippen LogP contribution < -0.4 is 5.32 Å². The summed E-state index contributed by atoms with van der Waals surface area (Å²) in [6, 6.07) is 7.56. The second-order valence-electron chi connectivity index (χ2n) is 3.17. The lowest BCUT2D eigenvalue weighted by atomic mass is 10.3. The Bertz CT molecular complexity index is 498. The molecule has 0 amide bonds. The maximum Gasteiger partial charge on any atom is 0.0612 e. The van der Waals surface area contributed by atoms with E-state index < -0.39 is 0 Å². The van der Waals surface area contributed by atoms with Crippen molar-refractivity contribution >= 4 is 56.2 Å². The largest absolute Gasteiger partial charge is 0.380 e. The summed E-state index contributed by atoms with van der Waals surface area (Å²) >= 11 is 17.0. The van der Waals surface area contributed by atoms with Gasteiger partial charge in [-0.15, -0.1) is 11.3 Å².